The Hall–Kier alpha value is -0.530. The van der Waals surface area contributed by atoms with Crippen LogP contribution in [0.5, 0.6) is 0 Å². The lowest BCUT2D eigenvalue weighted by atomic mass is 9.63. The summed E-state index contributed by atoms with van der Waals surface area (Å²) in [7, 11) is 0. The van der Waals surface area contributed by atoms with E-state index in [9.17, 15) is 0 Å². The molecule has 1 spiro atoms. The fraction of sp³-hybridized carbons (Fsp3) is 0.929. The number of nitrogens with zero attached hydrogens (tertiary/aromatic N) is 1. The molecule has 2 atom stereocenters. The Morgan fingerprint density at radius 3 is 2.50 bits per heavy atom. The summed E-state index contributed by atoms with van der Waals surface area (Å²) >= 11 is 0. The maximum atomic E-state index is 6.05. The van der Waals surface area contributed by atoms with E-state index in [1.54, 1.807) is 0 Å². The molecule has 1 saturated heterocycles. The minimum absolute atomic E-state index is 0.424. The Morgan fingerprint density at radius 1 is 1.19 bits per heavy atom. The average molecular weight is 221 g/mol. The predicted octanol–water partition coefficient (Wildman–Crippen LogP) is 3.41. The Kier molecular flexibility index (Phi) is 2.49. The molecule has 90 valence electrons. The van der Waals surface area contributed by atoms with E-state index in [-0.39, 0.29) is 0 Å². The quantitative estimate of drug-likeness (QED) is 0.665. The highest BCUT2D eigenvalue weighted by Gasteiger charge is 2.58. The molecule has 16 heavy (non-hydrogen) atoms. The number of rotatable bonds is 1. The van der Waals surface area contributed by atoms with Crippen molar-refractivity contribution in [3.05, 3.63) is 0 Å². The molecule has 0 N–H and O–H groups in total. The first-order valence-corrected chi connectivity index (χ1v) is 6.95. The van der Waals surface area contributed by atoms with Gasteiger partial charge in [-0.3, -0.25) is 4.99 Å². The maximum absolute atomic E-state index is 6.05. The van der Waals surface area contributed by atoms with Crippen molar-refractivity contribution in [3.8, 4) is 0 Å². The van der Waals surface area contributed by atoms with Gasteiger partial charge < -0.3 is 4.74 Å². The number of hydrogen-bond acceptors (Lipinski definition) is 2. The van der Waals surface area contributed by atoms with Crippen LogP contribution in [0.2, 0.25) is 0 Å². The van der Waals surface area contributed by atoms with Gasteiger partial charge in [-0.1, -0.05) is 39.5 Å². The van der Waals surface area contributed by atoms with E-state index in [0.717, 1.165) is 12.4 Å². The SMILES string of the molecule is CC(C)C1C2=NCC(O2)C12CCCCCC2. The Balaban J connectivity index is 1.94. The second-order valence-electron chi connectivity index (χ2n) is 6.15. The predicted molar refractivity (Wildman–Crippen MR) is 65.6 cm³/mol. The monoisotopic (exact) mass is 221 g/mol. The summed E-state index contributed by atoms with van der Waals surface area (Å²) < 4.78 is 6.05. The van der Waals surface area contributed by atoms with Crippen molar-refractivity contribution in [2.24, 2.45) is 22.2 Å². The highest BCUT2D eigenvalue weighted by molar-refractivity contribution is 5.84. The van der Waals surface area contributed by atoms with Gasteiger partial charge in [-0.2, -0.15) is 0 Å². The number of aliphatic imine (C=N–C) groups is 1. The number of hydrogen-bond donors (Lipinski definition) is 0. The van der Waals surface area contributed by atoms with Crippen LogP contribution in [-0.4, -0.2) is 18.5 Å². The zero-order chi connectivity index (χ0) is 11.2. The van der Waals surface area contributed by atoms with Gasteiger partial charge in [-0.05, 0) is 18.8 Å². The van der Waals surface area contributed by atoms with E-state index in [4.69, 9.17) is 4.74 Å². The topological polar surface area (TPSA) is 21.6 Å². The lowest BCUT2D eigenvalue weighted by Gasteiger charge is -2.39. The smallest absolute Gasteiger partial charge is 0.187 e. The Bertz CT molecular complexity index is 300. The van der Waals surface area contributed by atoms with E-state index < -0.39 is 0 Å². The molecule has 0 radical (unpaired) electrons. The van der Waals surface area contributed by atoms with E-state index in [1.807, 2.05) is 0 Å². The number of ether oxygens (including phenoxy) is 1. The van der Waals surface area contributed by atoms with Gasteiger partial charge in [-0.25, -0.2) is 0 Å². The molecule has 2 bridgehead atoms. The third-order valence-electron chi connectivity index (χ3n) is 4.90. The molecule has 3 rings (SSSR count). The summed E-state index contributed by atoms with van der Waals surface area (Å²) in [4.78, 5) is 4.58. The molecular weight excluding hydrogens is 198 g/mol. The van der Waals surface area contributed by atoms with E-state index in [0.29, 0.717) is 23.4 Å². The summed E-state index contributed by atoms with van der Waals surface area (Å²) in [5.74, 6) is 2.40. The van der Waals surface area contributed by atoms with Gasteiger partial charge in [0, 0.05) is 11.3 Å². The van der Waals surface area contributed by atoms with Crippen molar-refractivity contribution in [2.45, 2.75) is 58.5 Å². The molecule has 2 fully saturated rings. The third kappa shape index (κ3) is 1.34. The van der Waals surface area contributed by atoms with Crippen LogP contribution in [-0.2, 0) is 4.74 Å². The molecule has 1 saturated carbocycles. The molecule has 0 aromatic carbocycles. The largest absolute Gasteiger partial charge is 0.475 e. The van der Waals surface area contributed by atoms with Crippen molar-refractivity contribution >= 4 is 5.90 Å². The second-order valence-corrected chi connectivity index (χ2v) is 6.15. The molecule has 2 heteroatoms. The summed E-state index contributed by atoms with van der Waals surface area (Å²) in [6.45, 7) is 5.62. The van der Waals surface area contributed by atoms with Gasteiger partial charge in [0.05, 0.1) is 6.54 Å². The van der Waals surface area contributed by atoms with Crippen LogP contribution in [0.15, 0.2) is 4.99 Å². The Morgan fingerprint density at radius 2 is 1.88 bits per heavy atom. The number of fused-ring (bicyclic) bond motifs is 3. The second kappa shape index (κ2) is 3.75. The highest BCUT2D eigenvalue weighted by atomic mass is 16.5. The maximum Gasteiger partial charge on any atom is 0.187 e. The molecule has 0 aromatic rings. The van der Waals surface area contributed by atoms with Crippen LogP contribution in [0.1, 0.15) is 52.4 Å². The van der Waals surface area contributed by atoms with Crippen molar-refractivity contribution in [1.29, 1.82) is 0 Å². The van der Waals surface area contributed by atoms with E-state index in [1.165, 1.54) is 38.5 Å². The van der Waals surface area contributed by atoms with E-state index >= 15 is 0 Å². The lowest BCUT2D eigenvalue weighted by molar-refractivity contribution is 0.0567. The van der Waals surface area contributed by atoms with Gasteiger partial charge in [0.25, 0.3) is 0 Å². The van der Waals surface area contributed by atoms with Crippen LogP contribution in [0.25, 0.3) is 0 Å². The zero-order valence-electron chi connectivity index (χ0n) is 10.5. The van der Waals surface area contributed by atoms with Gasteiger partial charge in [-0.15, -0.1) is 0 Å². The summed E-state index contributed by atoms with van der Waals surface area (Å²) in [6.07, 6.45) is 8.82. The molecule has 2 heterocycles. The first kappa shape index (κ1) is 10.6. The molecule has 2 unspecified atom stereocenters. The first-order valence-electron chi connectivity index (χ1n) is 6.95. The van der Waals surface area contributed by atoms with Crippen LogP contribution in [0, 0.1) is 17.3 Å². The first-order chi connectivity index (χ1) is 7.74. The molecule has 1 aliphatic carbocycles. The van der Waals surface area contributed by atoms with Gasteiger partial charge in [0.15, 0.2) is 5.90 Å². The fourth-order valence-corrected chi connectivity index (χ4v) is 4.28. The van der Waals surface area contributed by atoms with Gasteiger partial charge >= 0.3 is 0 Å². The molecular formula is C14H23NO. The molecule has 2 nitrogen and oxygen atoms in total. The van der Waals surface area contributed by atoms with Crippen molar-refractivity contribution < 1.29 is 4.74 Å². The normalized spacial score (nSPS) is 36.3. The lowest BCUT2D eigenvalue weighted by Crippen LogP contribution is -2.42. The Labute approximate surface area is 98.5 Å². The van der Waals surface area contributed by atoms with E-state index in [2.05, 4.69) is 18.8 Å². The highest BCUT2D eigenvalue weighted by Crippen LogP contribution is 2.55. The van der Waals surface area contributed by atoms with Gasteiger partial charge in [0.2, 0.25) is 0 Å². The van der Waals surface area contributed by atoms with Crippen LogP contribution >= 0.6 is 0 Å². The average Bonchev–Trinajstić information content (AvgIpc) is 2.73. The third-order valence-corrected chi connectivity index (χ3v) is 4.90. The fourth-order valence-electron chi connectivity index (χ4n) is 4.28. The van der Waals surface area contributed by atoms with Crippen molar-refractivity contribution in [1.82, 2.24) is 0 Å². The molecule has 0 amide bonds. The summed E-state index contributed by atoms with van der Waals surface area (Å²) in [5, 5.41) is 0. The zero-order valence-corrected chi connectivity index (χ0v) is 10.5. The van der Waals surface area contributed by atoms with Crippen molar-refractivity contribution in [3.63, 3.8) is 0 Å². The standard InChI is InChI=1S/C14H23NO/c1-10(2)12-13-15-9-11(16-13)14(12)7-5-3-4-6-8-14/h10-12H,3-9H2,1-2H3. The summed E-state index contributed by atoms with van der Waals surface area (Å²) in [6, 6.07) is 0. The minimum Gasteiger partial charge on any atom is -0.475 e. The molecule has 0 aromatic heterocycles. The van der Waals surface area contributed by atoms with Crippen LogP contribution < -0.4 is 0 Å². The molecule has 2 aliphatic heterocycles. The minimum atomic E-state index is 0.424. The van der Waals surface area contributed by atoms with Crippen LogP contribution in [0.4, 0.5) is 0 Å². The van der Waals surface area contributed by atoms with Gasteiger partial charge in [0.1, 0.15) is 6.10 Å². The van der Waals surface area contributed by atoms with Crippen molar-refractivity contribution in [2.75, 3.05) is 6.54 Å². The van der Waals surface area contributed by atoms with Crippen LogP contribution in [0.3, 0.4) is 0 Å². The summed E-state index contributed by atoms with van der Waals surface area (Å²) in [5.41, 5.74) is 0.460. The molecule has 3 aliphatic rings.